The number of oxime groups is 1. The smallest absolute Gasteiger partial charge is 0.245 e. The quantitative estimate of drug-likeness (QED) is 0.471. The van der Waals surface area contributed by atoms with Gasteiger partial charge in [-0.1, -0.05) is 30.6 Å². The van der Waals surface area contributed by atoms with Gasteiger partial charge in [-0.3, -0.25) is 4.79 Å². The van der Waals surface area contributed by atoms with E-state index in [2.05, 4.69) is 20.6 Å². The number of hydrogen-bond donors (Lipinski definition) is 2. The van der Waals surface area contributed by atoms with Gasteiger partial charge in [0, 0.05) is 7.05 Å². The van der Waals surface area contributed by atoms with Gasteiger partial charge in [0.25, 0.3) is 0 Å². The molecule has 0 bridgehead atoms. The molecule has 0 spiro atoms. The third kappa shape index (κ3) is 2.55. The summed E-state index contributed by atoms with van der Waals surface area (Å²) in [4.78, 5) is 15.7. The SMILES string of the molecule is CNC(=O)C(n1cncn1)C(C)(C)C(Cl)=NO. The lowest BCUT2D eigenvalue weighted by Crippen LogP contribution is -2.42. The molecule has 0 aliphatic heterocycles. The van der Waals surface area contributed by atoms with Crippen LogP contribution in [0.15, 0.2) is 17.8 Å². The summed E-state index contributed by atoms with van der Waals surface area (Å²) in [7, 11) is 1.51. The van der Waals surface area contributed by atoms with E-state index < -0.39 is 11.5 Å². The van der Waals surface area contributed by atoms with Gasteiger partial charge in [0.2, 0.25) is 5.91 Å². The molecule has 17 heavy (non-hydrogen) atoms. The van der Waals surface area contributed by atoms with Crippen molar-refractivity contribution in [2.75, 3.05) is 7.05 Å². The number of carbonyl (C=O) groups is 1. The Morgan fingerprint density at radius 2 is 2.29 bits per heavy atom. The molecule has 0 aromatic carbocycles. The van der Waals surface area contributed by atoms with E-state index in [0.29, 0.717) is 0 Å². The Balaban J connectivity index is 3.21. The van der Waals surface area contributed by atoms with Gasteiger partial charge in [-0.2, -0.15) is 5.10 Å². The molecule has 94 valence electrons. The van der Waals surface area contributed by atoms with Crippen molar-refractivity contribution in [2.45, 2.75) is 19.9 Å². The average Bonchev–Trinajstić information content (AvgIpc) is 2.80. The summed E-state index contributed by atoms with van der Waals surface area (Å²) < 4.78 is 1.37. The van der Waals surface area contributed by atoms with Gasteiger partial charge < -0.3 is 10.5 Å². The van der Waals surface area contributed by atoms with Crippen molar-refractivity contribution in [2.24, 2.45) is 10.6 Å². The van der Waals surface area contributed by atoms with E-state index in [1.807, 2.05) is 0 Å². The van der Waals surface area contributed by atoms with Gasteiger partial charge in [-0.25, -0.2) is 9.67 Å². The normalized spacial score (nSPS) is 14.5. The minimum atomic E-state index is -0.913. The molecule has 1 unspecified atom stereocenters. The third-order valence-corrected chi connectivity index (χ3v) is 3.06. The van der Waals surface area contributed by atoms with Crippen molar-refractivity contribution in [1.29, 1.82) is 0 Å². The second-order valence-corrected chi connectivity index (χ2v) is 4.36. The fourth-order valence-electron chi connectivity index (χ4n) is 1.51. The highest BCUT2D eigenvalue weighted by Gasteiger charge is 2.41. The molecule has 1 heterocycles. The molecule has 1 rings (SSSR count). The number of likely N-dealkylation sites (N-methyl/N-ethyl adjacent to an activating group) is 1. The molecule has 1 aromatic rings. The largest absolute Gasteiger partial charge is 0.410 e. The van der Waals surface area contributed by atoms with Crippen LogP contribution in [0.2, 0.25) is 0 Å². The molecule has 0 fully saturated rings. The van der Waals surface area contributed by atoms with Crippen LogP contribution < -0.4 is 5.32 Å². The second kappa shape index (κ2) is 5.13. The maximum Gasteiger partial charge on any atom is 0.245 e. The van der Waals surface area contributed by atoms with Gasteiger partial charge >= 0.3 is 0 Å². The van der Waals surface area contributed by atoms with Crippen LogP contribution in [0.3, 0.4) is 0 Å². The molecule has 8 heteroatoms. The van der Waals surface area contributed by atoms with Crippen LogP contribution >= 0.6 is 11.6 Å². The number of rotatable bonds is 4. The number of carbonyl (C=O) groups excluding carboxylic acids is 1. The zero-order valence-electron chi connectivity index (χ0n) is 9.75. The number of aromatic nitrogens is 3. The maximum atomic E-state index is 11.9. The predicted octanol–water partition coefficient (Wildman–Crippen LogP) is 0.618. The molecule has 2 N–H and O–H groups in total. The van der Waals surface area contributed by atoms with E-state index >= 15 is 0 Å². The molecular formula is C9H14ClN5O2. The van der Waals surface area contributed by atoms with Crippen molar-refractivity contribution in [1.82, 2.24) is 20.1 Å². The molecular weight excluding hydrogens is 246 g/mol. The van der Waals surface area contributed by atoms with Crippen LogP contribution in [0.1, 0.15) is 19.9 Å². The van der Waals surface area contributed by atoms with Gasteiger partial charge in [0.05, 0.1) is 5.41 Å². The van der Waals surface area contributed by atoms with Crippen LogP contribution in [0.4, 0.5) is 0 Å². The monoisotopic (exact) mass is 259 g/mol. The first-order valence-corrected chi connectivity index (χ1v) is 5.26. The van der Waals surface area contributed by atoms with E-state index in [1.165, 1.54) is 24.4 Å². The van der Waals surface area contributed by atoms with E-state index in [9.17, 15) is 4.79 Å². The molecule has 7 nitrogen and oxygen atoms in total. The molecule has 0 aliphatic rings. The van der Waals surface area contributed by atoms with E-state index in [-0.39, 0.29) is 11.1 Å². The maximum absolute atomic E-state index is 11.9. The highest BCUT2D eigenvalue weighted by molar-refractivity contribution is 6.66. The Hall–Kier alpha value is -1.63. The minimum absolute atomic E-state index is 0.0819. The average molecular weight is 260 g/mol. The van der Waals surface area contributed by atoms with Gasteiger partial charge in [0.15, 0.2) is 5.17 Å². The number of nitrogens with zero attached hydrogens (tertiary/aromatic N) is 4. The standard InChI is InChI=1S/C9H14ClN5O2/c1-9(2,8(10)14-17)6(7(16)11-3)15-5-12-4-13-15/h4-6,17H,1-3H3,(H,11,16). The summed E-state index contributed by atoms with van der Waals surface area (Å²) in [5.41, 5.74) is -0.913. The minimum Gasteiger partial charge on any atom is -0.410 e. The van der Waals surface area contributed by atoms with Gasteiger partial charge in [-0.05, 0) is 0 Å². The van der Waals surface area contributed by atoms with E-state index in [4.69, 9.17) is 16.8 Å². The molecule has 1 amide bonds. The van der Waals surface area contributed by atoms with Crippen LogP contribution in [0.5, 0.6) is 0 Å². The zero-order chi connectivity index (χ0) is 13.1. The van der Waals surface area contributed by atoms with Crippen molar-refractivity contribution in [3.8, 4) is 0 Å². The van der Waals surface area contributed by atoms with Crippen LogP contribution in [-0.2, 0) is 4.79 Å². The summed E-state index contributed by atoms with van der Waals surface area (Å²) in [5.74, 6) is -0.303. The van der Waals surface area contributed by atoms with Crippen LogP contribution in [0, 0.1) is 5.41 Å². The van der Waals surface area contributed by atoms with Crippen molar-refractivity contribution in [3.05, 3.63) is 12.7 Å². The zero-order valence-corrected chi connectivity index (χ0v) is 10.5. The Bertz CT molecular complexity index is 415. The molecule has 0 aliphatic carbocycles. The fraction of sp³-hybridized carbons (Fsp3) is 0.556. The number of amides is 1. The number of halogens is 1. The van der Waals surface area contributed by atoms with Gasteiger partial charge in [0.1, 0.15) is 18.7 Å². The summed E-state index contributed by atoms with van der Waals surface area (Å²) >= 11 is 5.83. The van der Waals surface area contributed by atoms with Crippen LogP contribution in [-0.4, -0.2) is 38.1 Å². The summed E-state index contributed by atoms with van der Waals surface area (Å²) in [5, 5.41) is 18.1. The van der Waals surface area contributed by atoms with Crippen molar-refractivity contribution < 1.29 is 10.0 Å². The lowest BCUT2D eigenvalue weighted by molar-refractivity contribution is -0.126. The first kappa shape index (κ1) is 13.4. The molecule has 0 saturated heterocycles. The van der Waals surface area contributed by atoms with E-state index in [1.54, 1.807) is 13.8 Å². The highest BCUT2D eigenvalue weighted by atomic mass is 35.5. The number of hydrogen-bond acceptors (Lipinski definition) is 5. The molecule has 1 aromatic heterocycles. The van der Waals surface area contributed by atoms with E-state index in [0.717, 1.165) is 0 Å². The van der Waals surface area contributed by atoms with Crippen molar-refractivity contribution >= 4 is 22.7 Å². The third-order valence-electron chi connectivity index (χ3n) is 2.50. The summed E-state index contributed by atoms with van der Waals surface area (Å²) in [6.45, 7) is 3.35. The second-order valence-electron chi connectivity index (χ2n) is 4.00. The lowest BCUT2D eigenvalue weighted by Gasteiger charge is -2.30. The fourth-order valence-corrected chi connectivity index (χ4v) is 1.61. The molecule has 1 atom stereocenters. The first-order chi connectivity index (χ1) is 7.95. The molecule has 0 radical (unpaired) electrons. The Labute approximate surface area is 103 Å². The predicted molar refractivity (Wildman–Crippen MR) is 62.0 cm³/mol. The lowest BCUT2D eigenvalue weighted by atomic mass is 9.85. The Morgan fingerprint density at radius 1 is 1.65 bits per heavy atom. The molecule has 0 saturated carbocycles. The summed E-state index contributed by atoms with van der Waals surface area (Å²) in [6.07, 6.45) is 2.72. The summed E-state index contributed by atoms with van der Waals surface area (Å²) in [6, 6.07) is -0.751. The van der Waals surface area contributed by atoms with Crippen LogP contribution in [0.25, 0.3) is 0 Å². The first-order valence-electron chi connectivity index (χ1n) is 4.89. The van der Waals surface area contributed by atoms with Gasteiger partial charge in [-0.15, -0.1) is 0 Å². The number of nitrogens with one attached hydrogen (secondary N) is 1. The Kier molecular flexibility index (Phi) is 4.06. The Morgan fingerprint density at radius 3 is 2.71 bits per heavy atom. The highest BCUT2D eigenvalue weighted by Crippen LogP contribution is 2.33. The topological polar surface area (TPSA) is 92.4 Å². The van der Waals surface area contributed by atoms with Crippen molar-refractivity contribution in [3.63, 3.8) is 0 Å².